The number of carbonyl (C=O) groups is 1. The Labute approximate surface area is 121 Å². The molecule has 1 aliphatic heterocycles. The number of aliphatic hydroxyl groups excluding tert-OH is 1. The first kappa shape index (κ1) is 15.2. The summed E-state index contributed by atoms with van der Waals surface area (Å²) in [6.07, 6.45) is 2.65. The zero-order chi connectivity index (χ0) is 15.2. The number of anilines is 1. The van der Waals surface area contributed by atoms with Crippen molar-refractivity contribution in [3.8, 4) is 0 Å². The first-order chi connectivity index (χ1) is 10.1. The number of carbonyl (C=O) groups excluding carboxylic acids is 1. The van der Waals surface area contributed by atoms with Gasteiger partial charge in [-0.05, 0) is 18.9 Å². The topological polar surface area (TPSA) is 109 Å². The van der Waals surface area contributed by atoms with Gasteiger partial charge in [-0.2, -0.15) is 0 Å². The third-order valence-electron chi connectivity index (χ3n) is 3.54. The first-order valence-corrected chi connectivity index (χ1v) is 6.86. The van der Waals surface area contributed by atoms with Crippen LogP contribution >= 0.6 is 0 Å². The van der Waals surface area contributed by atoms with Crippen molar-refractivity contribution in [3.63, 3.8) is 0 Å². The summed E-state index contributed by atoms with van der Waals surface area (Å²) in [7, 11) is 0. The molecule has 0 aliphatic carbocycles. The molecule has 0 unspecified atom stereocenters. The number of pyridine rings is 1. The summed E-state index contributed by atoms with van der Waals surface area (Å²) in [4.78, 5) is 28.0. The molecule has 8 nitrogen and oxygen atoms in total. The Morgan fingerprint density at radius 3 is 2.71 bits per heavy atom. The molecule has 1 aliphatic rings. The van der Waals surface area contributed by atoms with Crippen molar-refractivity contribution in [2.24, 2.45) is 5.92 Å². The second-order valence-corrected chi connectivity index (χ2v) is 4.91. The number of rotatable bonds is 5. The minimum absolute atomic E-state index is 0.0274. The average Bonchev–Trinajstić information content (AvgIpc) is 2.53. The zero-order valence-corrected chi connectivity index (χ0v) is 11.6. The predicted molar refractivity (Wildman–Crippen MR) is 75.9 cm³/mol. The number of aliphatic hydroxyl groups is 1. The summed E-state index contributed by atoms with van der Waals surface area (Å²) in [6, 6.07) is 3.06. The van der Waals surface area contributed by atoms with Crippen molar-refractivity contribution in [1.29, 1.82) is 0 Å². The Balaban J connectivity index is 1.88. The number of aromatic nitrogens is 1. The molecular weight excluding hydrogens is 276 g/mol. The molecule has 1 amide bonds. The van der Waals surface area contributed by atoms with Gasteiger partial charge in [-0.3, -0.25) is 14.9 Å². The molecule has 0 bridgehead atoms. The Morgan fingerprint density at radius 1 is 1.48 bits per heavy atom. The lowest BCUT2D eigenvalue weighted by Crippen LogP contribution is -2.41. The van der Waals surface area contributed by atoms with Crippen LogP contribution in [0.25, 0.3) is 0 Å². The molecule has 0 saturated carbocycles. The number of nitrogens with zero attached hydrogens (tertiary/aromatic N) is 3. The van der Waals surface area contributed by atoms with Crippen LogP contribution in [0.5, 0.6) is 0 Å². The van der Waals surface area contributed by atoms with Crippen LogP contribution in [0.1, 0.15) is 12.8 Å². The second-order valence-electron chi connectivity index (χ2n) is 4.91. The summed E-state index contributed by atoms with van der Waals surface area (Å²) in [5, 5.41) is 21.9. The monoisotopic (exact) mass is 294 g/mol. The fraction of sp³-hybridized carbons (Fsp3) is 0.538. The van der Waals surface area contributed by atoms with E-state index < -0.39 is 4.92 Å². The minimum Gasteiger partial charge on any atom is -0.395 e. The number of amides is 1. The summed E-state index contributed by atoms with van der Waals surface area (Å²) < 4.78 is 0. The molecular formula is C13H18N4O4. The van der Waals surface area contributed by atoms with Gasteiger partial charge in [0.15, 0.2) is 0 Å². The van der Waals surface area contributed by atoms with Crippen LogP contribution in [0.3, 0.4) is 0 Å². The van der Waals surface area contributed by atoms with Crippen LogP contribution in [0.4, 0.5) is 11.5 Å². The second kappa shape index (κ2) is 6.98. The molecule has 2 heterocycles. The molecule has 1 aromatic rings. The molecule has 2 N–H and O–H groups in total. The molecule has 0 radical (unpaired) electrons. The summed E-state index contributed by atoms with van der Waals surface area (Å²) in [5.74, 6) is 0.612. The molecule has 21 heavy (non-hydrogen) atoms. The standard InChI is InChI=1S/C13H18N4O4/c18-8-5-14-13(19)10-3-6-16(7-4-10)12-2-1-11(9-15-12)17(20)21/h1-2,9-10,18H,3-8H2,(H,14,19). The number of hydrogen-bond acceptors (Lipinski definition) is 6. The normalized spacial score (nSPS) is 15.8. The molecule has 0 atom stereocenters. The van der Waals surface area contributed by atoms with Crippen LogP contribution < -0.4 is 10.2 Å². The van der Waals surface area contributed by atoms with E-state index in [0.717, 1.165) is 0 Å². The van der Waals surface area contributed by atoms with E-state index in [-0.39, 0.29) is 30.7 Å². The fourth-order valence-corrected chi connectivity index (χ4v) is 2.37. The Hall–Kier alpha value is -2.22. The number of hydrogen-bond donors (Lipinski definition) is 2. The maximum atomic E-state index is 11.8. The van der Waals surface area contributed by atoms with Gasteiger partial charge in [0, 0.05) is 31.6 Å². The van der Waals surface area contributed by atoms with Crippen molar-refractivity contribution in [2.75, 3.05) is 31.1 Å². The van der Waals surface area contributed by atoms with Crippen LogP contribution in [-0.2, 0) is 4.79 Å². The lowest BCUT2D eigenvalue weighted by Gasteiger charge is -2.32. The van der Waals surface area contributed by atoms with Gasteiger partial charge in [0.05, 0.1) is 11.5 Å². The molecule has 8 heteroatoms. The smallest absolute Gasteiger partial charge is 0.287 e. The van der Waals surface area contributed by atoms with E-state index in [2.05, 4.69) is 10.3 Å². The highest BCUT2D eigenvalue weighted by Gasteiger charge is 2.25. The molecule has 1 aromatic heterocycles. The van der Waals surface area contributed by atoms with Crippen molar-refractivity contribution in [3.05, 3.63) is 28.4 Å². The highest BCUT2D eigenvalue weighted by atomic mass is 16.6. The Morgan fingerprint density at radius 2 is 2.19 bits per heavy atom. The number of nitro groups is 1. The third kappa shape index (κ3) is 3.88. The van der Waals surface area contributed by atoms with Crippen LogP contribution in [0.15, 0.2) is 18.3 Å². The summed E-state index contributed by atoms with van der Waals surface area (Å²) in [5.41, 5.74) is -0.0305. The zero-order valence-electron chi connectivity index (χ0n) is 11.6. The fourth-order valence-electron chi connectivity index (χ4n) is 2.37. The molecule has 1 fully saturated rings. The SMILES string of the molecule is O=C(NCCO)C1CCN(c2ccc([N+](=O)[O-])cn2)CC1. The van der Waals surface area contributed by atoms with E-state index in [1.165, 1.54) is 12.3 Å². The molecule has 0 aromatic carbocycles. The maximum absolute atomic E-state index is 11.8. The Kier molecular flexibility index (Phi) is 5.04. The van der Waals surface area contributed by atoms with Crippen molar-refractivity contribution in [2.45, 2.75) is 12.8 Å². The quantitative estimate of drug-likeness (QED) is 0.598. The van der Waals surface area contributed by atoms with E-state index in [1.807, 2.05) is 4.90 Å². The van der Waals surface area contributed by atoms with Crippen molar-refractivity contribution in [1.82, 2.24) is 10.3 Å². The third-order valence-corrected chi connectivity index (χ3v) is 3.54. The molecule has 1 saturated heterocycles. The number of nitrogens with one attached hydrogen (secondary N) is 1. The average molecular weight is 294 g/mol. The van der Waals surface area contributed by atoms with Gasteiger partial charge in [0.2, 0.25) is 5.91 Å². The van der Waals surface area contributed by atoms with Gasteiger partial charge in [0.1, 0.15) is 12.0 Å². The predicted octanol–water partition coefficient (Wildman–Crippen LogP) is 0.315. The van der Waals surface area contributed by atoms with E-state index in [9.17, 15) is 14.9 Å². The maximum Gasteiger partial charge on any atom is 0.287 e. The molecule has 114 valence electrons. The largest absolute Gasteiger partial charge is 0.395 e. The van der Waals surface area contributed by atoms with Gasteiger partial charge in [0.25, 0.3) is 5.69 Å². The van der Waals surface area contributed by atoms with E-state index in [1.54, 1.807) is 6.07 Å². The minimum atomic E-state index is -0.478. The lowest BCUT2D eigenvalue weighted by atomic mass is 9.96. The van der Waals surface area contributed by atoms with Crippen LogP contribution in [0.2, 0.25) is 0 Å². The summed E-state index contributed by atoms with van der Waals surface area (Å²) in [6.45, 7) is 1.59. The van der Waals surface area contributed by atoms with Gasteiger partial charge in [-0.15, -0.1) is 0 Å². The van der Waals surface area contributed by atoms with Crippen LogP contribution in [-0.4, -0.2) is 47.2 Å². The van der Waals surface area contributed by atoms with E-state index >= 15 is 0 Å². The Bertz CT molecular complexity index is 497. The van der Waals surface area contributed by atoms with E-state index in [0.29, 0.717) is 31.7 Å². The summed E-state index contributed by atoms with van der Waals surface area (Å²) >= 11 is 0. The van der Waals surface area contributed by atoms with Crippen LogP contribution in [0, 0.1) is 16.0 Å². The van der Waals surface area contributed by atoms with Crippen molar-refractivity contribution < 1.29 is 14.8 Å². The lowest BCUT2D eigenvalue weighted by molar-refractivity contribution is -0.385. The van der Waals surface area contributed by atoms with E-state index in [4.69, 9.17) is 5.11 Å². The molecule has 2 rings (SSSR count). The van der Waals surface area contributed by atoms with Crippen molar-refractivity contribution >= 4 is 17.4 Å². The van der Waals surface area contributed by atoms with Gasteiger partial charge < -0.3 is 15.3 Å². The number of piperidine rings is 1. The molecule has 0 spiro atoms. The van der Waals surface area contributed by atoms with Gasteiger partial charge >= 0.3 is 0 Å². The highest BCUT2D eigenvalue weighted by Crippen LogP contribution is 2.23. The van der Waals surface area contributed by atoms with Gasteiger partial charge in [-0.1, -0.05) is 0 Å². The van der Waals surface area contributed by atoms with Gasteiger partial charge in [-0.25, -0.2) is 4.98 Å². The highest BCUT2D eigenvalue weighted by molar-refractivity contribution is 5.78. The first-order valence-electron chi connectivity index (χ1n) is 6.86.